The zero-order valence-corrected chi connectivity index (χ0v) is 13.4. The fourth-order valence-electron chi connectivity index (χ4n) is 2.68. The number of aromatic nitrogens is 1. The highest BCUT2D eigenvalue weighted by Crippen LogP contribution is 2.34. The van der Waals surface area contributed by atoms with E-state index < -0.39 is 0 Å². The van der Waals surface area contributed by atoms with Crippen molar-refractivity contribution in [1.29, 1.82) is 0 Å². The number of pyridine rings is 1. The van der Waals surface area contributed by atoms with E-state index in [2.05, 4.69) is 10.3 Å². The monoisotopic (exact) mass is 316 g/mol. The van der Waals surface area contributed by atoms with Gasteiger partial charge in [-0.25, -0.2) is 0 Å². The molecule has 1 atom stereocenters. The normalized spacial score (nSPS) is 15.5. The zero-order valence-electron chi connectivity index (χ0n) is 12.6. The molecule has 0 spiro atoms. The second-order valence-corrected chi connectivity index (χ2v) is 6.55. The molecule has 5 heteroatoms. The van der Waals surface area contributed by atoms with Crippen LogP contribution in [0.5, 0.6) is 0 Å². The quantitative estimate of drug-likeness (QED) is 0.861. The van der Waals surface area contributed by atoms with Gasteiger partial charge in [0.05, 0.1) is 17.0 Å². The molecule has 1 saturated carbocycles. The molecule has 2 aromatic heterocycles. The van der Waals surface area contributed by atoms with Gasteiger partial charge in [-0.05, 0) is 55.7 Å². The van der Waals surface area contributed by atoms with Crippen LogP contribution in [0.15, 0.2) is 29.0 Å². The van der Waals surface area contributed by atoms with Crippen molar-refractivity contribution in [3.8, 4) is 11.3 Å². The maximum absolute atomic E-state index is 12.5. The number of thiophene rings is 1. The Hall–Kier alpha value is -1.72. The molecule has 1 aliphatic carbocycles. The van der Waals surface area contributed by atoms with E-state index in [-0.39, 0.29) is 18.6 Å². The number of carbonyl (C=O) groups excluding carboxylic acids is 1. The third-order valence-electron chi connectivity index (χ3n) is 4.10. The number of aliphatic hydroxyl groups is 1. The molecule has 3 rings (SSSR count). The van der Waals surface area contributed by atoms with Crippen LogP contribution in [0.1, 0.15) is 35.3 Å². The molecule has 2 aromatic rings. The van der Waals surface area contributed by atoms with Gasteiger partial charge in [-0.2, -0.15) is 11.3 Å². The molecule has 1 unspecified atom stereocenters. The molecule has 116 valence electrons. The van der Waals surface area contributed by atoms with Gasteiger partial charge in [-0.1, -0.05) is 0 Å². The summed E-state index contributed by atoms with van der Waals surface area (Å²) in [4.78, 5) is 17.0. The molecule has 4 nitrogen and oxygen atoms in total. The summed E-state index contributed by atoms with van der Waals surface area (Å²) in [6.07, 6.45) is 2.90. The number of hydrogen-bond acceptors (Lipinski definition) is 4. The molecule has 22 heavy (non-hydrogen) atoms. The molecule has 1 amide bonds. The molecule has 0 saturated heterocycles. The van der Waals surface area contributed by atoms with Crippen molar-refractivity contribution in [2.24, 2.45) is 5.92 Å². The van der Waals surface area contributed by atoms with Crippen molar-refractivity contribution in [3.63, 3.8) is 0 Å². The Morgan fingerprint density at radius 2 is 2.27 bits per heavy atom. The first-order valence-corrected chi connectivity index (χ1v) is 8.55. The second-order valence-electron chi connectivity index (χ2n) is 5.77. The smallest absolute Gasteiger partial charge is 0.253 e. The van der Waals surface area contributed by atoms with Crippen LogP contribution in [0.3, 0.4) is 0 Å². The molecule has 0 bridgehead atoms. The Labute approximate surface area is 134 Å². The minimum Gasteiger partial charge on any atom is -0.396 e. The van der Waals surface area contributed by atoms with Crippen molar-refractivity contribution in [2.45, 2.75) is 32.2 Å². The van der Waals surface area contributed by atoms with Gasteiger partial charge in [-0.15, -0.1) is 0 Å². The Morgan fingerprint density at radius 3 is 2.86 bits per heavy atom. The first-order chi connectivity index (χ1) is 10.7. The van der Waals surface area contributed by atoms with Gasteiger partial charge < -0.3 is 10.4 Å². The molecule has 0 aliphatic heterocycles. The van der Waals surface area contributed by atoms with Crippen molar-refractivity contribution in [2.75, 3.05) is 6.61 Å². The van der Waals surface area contributed by atoms with Crippen molar-refractivity contribution in [3.05, 3.63) is 40.2 Å². The van der Waals surface area contributed by atoms with E-state index in [1.54, 1.807) is 11.3 Å². The predicted molar refractivity (Wildman–Crippen MR) is 88.0 cm³/mol. The lowest BCUT2D eigenvalue weighted by Crippen LogP contribution is -2.37. The van der Waals surface area contributed by atoms with E-state index in [4.69, 9.17) is 5.11 Å². The molecule has 0 radical (unpaired) electrons. The summed E-state index contributed by atoms with van der Waals surface area (Å²) in [6, 6.07) is 5.83. The largest absolute Gasteiger partial charge is 0.396 e. The summed E-state index contributed by atoms with van der Waals surface area (Å²) in [7, 11) is 0. The number of rotatable bonds is 6. The number of nitrogens with zero attached hydrogens (tertiary/aromatic N) is 1. The minimum absolute atomic E-state index is 0.0773. The molecule has 1 aliphatic rings. The summed E-state index contributed by atoms with van der Waals surface area (Å²) in [5, 5.41) is 16.2. The van der Waals surface area contributed by atoms with Crippen molar-refractivity contribution < 1.29 is 9.90 Å². The van der Waals surface area contributed by atoms with Crippen LogP contribution in [0.25, 0.3) is 11.3 Å². The molecule has 1 fully saturated rings. The lowest BCUT2D eigenvalue weighted by Gasteiger charge is -2.18. The number of aliphatic hydroxyl groups excluding tert-OH is 1. The van der Waals surface area contributed by atoms with Crippen molar-refractivity contribution >= 4 is 17.2 Å². The molecule has 2 N–H and O–H groups in total. The fraction of sp³-hybridized carbons (Fsp3) is 0.412. The fourth-order valence-corrected chi connectivity index (χ4v) is 3.33. The molecular formula is C17H20N2O2S. The van der Waals surface area contributed by atoms with Crippen LogP contribution in [-0.4, -0.2) is 28.6 Å². The Balaban J connectivity index is 1.75. The van der Waals surface area contributed by atoms with E-state index >= 15 is 0 Å². The average molecular weight is 316 g/mol. The van der Waals surface area contributed by atoms with Gasteiger partial charge in [0.25, 0.3) is 5.91 Å². The lowest BCUT2D eigenvalue weighted by molar-refractivity contribution is 0.0923. The zero-order chi connectivity index (χ0) is 15.5. The van der Waals surface area contributed by atoms with Crippen LogP contribution in [0.4, 0.5) is 0 Å². The minimum atomic E-state index is -0.0905. The number of aryl methyl sites for hydroxylation is 1. The van der Waals surface area contributed by atoms with Crippen molar-refractivity contribution in [1.82, 2.24) is 10.3 Å². The highest BCUT2D eigenvalue weighted by molar-refractivity contribution is 7.08. The third kappa shape index (κ3) is 3.36. The van der Waals surface area contributed by atoms with Gasteiger partial charge in [0.1, 0.15) is 0 Å². The highest BCUT2D eigenvalue weighted by Gasteiger charge is 2.32. The van der Waals surface area contributed by atoms with Crippen LogP contribution in [0.2, 0.25) is 0 Å². The predicted octanol–water partition coefficient (Wildman–Crippen LogP) is 3.01. The van der Waals surface area contributed by atoms with Gasteiger partial charge in [0.15, 0.2) is 0 Å². The Bertz CT molecular complexity index is 651. The van der Waals surface area contributed by atoms with E-state index in [1.165, 1.54) is 0 Å². The SMILES string of the molecule is Cc1nc(-c2ccsc2)ccc1C(=O)NC(CCO)C1CC1. The van der Waals surface area contributed by atoms with Crippen LogP contribution in [0, 0.1) is 12.8 Å². The summed E-state index contributed by atoms with van der Waals surface area (Å²) < 4.78 is 0. The Kier molecular flexibility index (Phi) is 4.55. The van der Waals surface area contributed by atoms with Crippen LogP contribution < -0.4 is 5.32 Å². The van der Waals surface area contributed by atoms with Gasteiger partial charge in [-0.3, -0.25) is 9.78 Å². The highest BCUT2D eigenvalue weighted by atomic mass is 32.1. The number of hydrogen-bond donors (Lipinski definition) is 2. The van der Waals surface area contributed by atoms with E-state index in [0.717, 1.165) is 29.8 Å². The maximum atomic E-state index is 12.5. The molecule has 2 heterocycles. The van der Waals surface area contributed by atoms with Gasteiger partial charge in [0.2, 0.25) is 0 Å². The summed E-state index contributed by atoms with van der Waals surface area (Å²) in [5.74, 6) is 0.432. The van der Waals surface area contributed by atoms with Crippen LogP contribution >= 0.6 is 11.3 Å². The lowest BCUT2D eigenvalue weighted by atomic mass is 10.1. The first kappa shape index (κ1) is 15.2. The summed E-state index contributed by atoms with van der Waals surface area (Å²) >= 11 is 1.63. The van der Waals surface area contributed by atoms with Gasteiger partial charge >= 0.3 is 0 Å². The number of amides is 1. The summed E-state index contributed by atoms with van der Waals surface area (Å²) in [5.41, 5.74) is 3.32. The molecule has 0 aromatic carbocycles. The molecular weight excluding hydrogens is 296 g/mol. The Morgan fingerprint density at radius 1 is 1.45 bits per heavy atom. The standard InChI is InChI=1S/C17H20N2O2S/c1-11-14(4-5-15(18-11)13-7-9-22-10-13)17(21)19-16(6-8-20)12-2-3-12/h4-5,7,9-10,12,16,20H,2-3,6,8H2,1H3,(H,19,21). The maximum Gasteiger partial charge on any atom is 0.253 e. The van der Waals surface area contributed by atoms with E-state index in [1.807, 2.05) is 35.9 Å². The summed E-state index contributed by atoms with van der Waals surface area (Å²) in [6.45, 7) is 1.97. The topological polar surface area (TPSA) is 62.2 Å². The first-order valence-electron chi connectivity index (χ1n) is 7.61. The second kappa shape index (κ2) is 6.58. The third-order valence-corrected chi connectivity index (χ3v) is 4.78. The van der Waals surface area contributed by atoms with Crippen LogP contribution in [-0.2, 0) is 0 Å². The number of nitrogens with one attached hydrogen (secondary N) is 1. The van der Waals surface area contributed by atoms with E-state index in [9.17, 15) is 4.79 Å². The van der Waals surface area contributed by atoms with E-state index in [0.29, 0.717) is 17.9 Å². The van der Waals surface area contributed by atoms with Gasteiger partial charge in [0, 0.05) is 23.6 Å². The average Bonchev–Trinajstić information content (AvgIpc) is 3.21. The number of carbonyl (C=O) groups is 1.